The molecule has 2 N–H and O–H groups in total. The number of hydrogen-bond acceptors (Lipinski definition) is 5. The van der Waals surface area contributed by atoms with Crippen LogP contribution in [-0.2, 0) is 0 Å². The summed E-state index contributed by atoms with van der Waals surface area (Å²) in [6.07, 6.45) is 1.67. The fourth-order valence-electron chi connectivity index (χ4n) is 2.20. The van der Waals surface area contributed by atoms with Crippen molar-refractivity contribution >= 4 is 42.2 Å². The molecule has 0 aliphatic rings. The number of benzene rings is 1. The number of pyridine rings is 1. The Bertz CT molecular complexity index is 668. The maximum absolute atomic E-state index is 12.6. The predicted octanol–water partition coefficient (Wildman–Crippen LogP) is 3.36. The minimum atomic E-state index is -0.0632. The fraction of sp³-hybridized carbons (Fsp3) is 0.333. The van der Waals surface area contributed by atoms with E-state index in [4.69, 9.17) is 4.74 Å². The van der Waals surface area contributed by atoms with Crippen molar-refractivity contribution in [2.24, 2.45) is 0 Å². The van der Waals surface area contributed by atoms with E-state index in [0.29, 0.717) is 24.5 Å². The third-order valence-electron chi connectivity index (χ3n) is 3.51. The van der Waals surface area contributed by atoms with Crippen LogP contribution in [-0.4, -0.2) is 49.6 Å². The van der Waals surface area contributed by atoms with Crippen LogP contribution in [0.2, 0.25) is 0 Å². The number of aromatic nitrogens is 1. The zero-order chi connectivity index (χ0) is 17.4. The standard InChI is InChI=1S/C18H24N4O2.2ClH/c1-4-24-15-9-7-14(8-10-15)21-17-16(6-5-11-20-17)18(23)22(3)13-12-19-2;;/h5-11,19H,4,12-13H2,1-3H3,(H,20,21);2*1H. The van der Waals surface area contributed by atoms with E-state index in [9.17, 15) is 4.79 Å². The number of amides is 1. The summed E-state index contributed by atoms with van der Waals surface area (Å²) in [6, 6.07) is 11.1. The second kappa shape index (κ2) is 12.4. The molecule has 0 aliphatic carbocycles. The molecule has 0 aliphatic heterocycles. The summed E-state index contributed by atoms with van der Waals surface area (Å²) in [6.45, 7) is 3.95. The largest absolute Gasteiger partial charge is 0.494 e. The van der Waals surface area contributed by atoms with Gasteiger partial charge in [-0.25, -0.2) is 4.98 Å². The van der Waals surface area contributed by atoms with Crippen molar-refractivity contribution in [1.29, 1.82) is 0 Å². The first-order valence-corrected chi connectivity index (χ1v) is 8.00. The first-order valence-electron chi connectivity index (χ1n) is 8.00. The summed E-state index contributed by atoms with van der Waals surface area (Å²) >= 11 is 0. The lowest BCUT2D eigenvalue weighted by molar-refractivity contribution is 0.0797. The van der Waals surface area contributed by atoms with Gasteiger partial charge in [-0.1, -0.05) is 0 Å². The lowest BCUT2D eigenvalue weighted by Gasteiger charge is -2.19. The number of nitrogens with zero attached hydrogens (tertiary/aromatic N) is 2. The van der Waals surface area contributed by atoms with Gasteiger partial charge in [0.1, 0.15) is 11.6 Å². The zero-order valence-electron chi connectivity index (χ0n) is 15.2. The van der Waals surface area contributed by atoms with Gasteiger partial charge in [-0.2, -0.15) is 0 Å². The van der Waals surface area contributed by atoms with Crippen LogP contribution in [0.15, 0.2) is 42.6 Å². The van der Waals surface area contributed by atoms with Crippen molar-refractivity contribution < 1.29 is 9.53 Å². The number of ether oxygens (including phenoxy) is 1. The number of nitrogens with one attached hydrogen (secondary N) is 2. The summed E-state index contributed by atoms with van der Waals surface area (Å²) in [7, 11) is 3.65. The molecule has 1 amide bonds. The van der Waals surface area contributed by atoms with Crippen molar-refractivity contribution in [2.75, 3.05) is 39.1 Å². The molecule has 26 heavy (non-hydrogen) atoms. The average molecular weight is 401 g/mol. The fourth-order valence-corrected chi connectivity index (χ4v) is 2.20. The van der Waals surface area contributed by atoms with Crippen molar-refractivity contribution in [3.8, 4) is 5.75 Å². The Morgan fingerprint density at radius 2 is 1.88 bits per heavy atom. The molecule has 1 aromatic carbocycles. The highest BCUT2D eigenvalue weighted by Crippen LogP contribution is 2.22. The minimum Gasteiger partial charge on any atom is -0.494 e. The molecular formula is C18H26Cl2N4O2. The van der Waals surface area contributed by atoms with Gasteiger partial charge in [-0.3, -0.25) is 4.79 Å². The van der Waals surface area contributed by atoms with Gasteiger partial charge < -0.3 is 20.3 Å². The maximum atomic E-state index is 12.6. The van der Waals surface area contributed by atoms with Gasteiger partial charge in [0.2, 0.25) is 0 Å². The van der Waals surface area contributed by atoms with Gasteiger partial charge in [0, 0.05) is 32.0 Å². The van der Waals surface area contributed by atoms with Crippen molar-refractivity contribution in [3.05, 3.63) is 48.2 Å². The van der Waals surface area contributed by atoms with Crippen molar-refractivity contribution in [1.82, 2.24) is 15.2 Å². The lowest BCUT2D eigenvalue weighted by atomic mass is 10.2. The van der Waals surface area contributed by atoms with Crippen LogP contribution in [0.5, 0.6) is 5.75 Å². The van der Waals surface area contributed by atoms with E-state index in [1.165, 1.54) is 0 Å². The smallest absolute Gasteiger partial charge is 0.257 e. The van der Waals surface area contributed by atoms with E-state index >= 15 is 0 Å². The Balaban J connectivity index is 0.00000312. The van der Waals surface area contributed by atoms with Gasteiger partial charge in [0.05, 0.1) is 12.2 Å². The van der Waals surface area contributed by atoms with Gasteiger partial charge in [0.25, 0.3) is 5.91 Å². The summed E-state index contributed by atoms with van der Waals surface area (Å²) < 4.78 is 5.43. The Hall–Kier alpha value is -2.02. The third kappa shape index (κ3) is 6.71. The molecule has 2 aromatic rings. The first kappa shape index (κ1) is 24.0. The Morgan fingerprint density at radius 3 is 2.50 bits per heavy atom. The molecule has 0 bridgehead atoms. The summed E-state index contributed by atoms with van der Waals surface area (Å²) in [5.41, 5.74) is 1.40. The second-order valence-electron chi connectivity index (χ2n) is 5.31. The topological polar surface area (TPSA) is 66.5 Å². The molecule has 2 rings (SSSR count). The molecule has 0 saturated heterocycles. The van der Waals surface area contributed by atoms with Crippen molar-refractivity contribution in [2.45, 2.75) is 6.92 Å². The number of carbonyl (C=O) groups excluding carboxylic acids is 1. The Labute approximate surface area is 167 Å². The van der Waals surface area contributed by atoms with Crippen LogP contribution < -0.4 is 15.4 Å². The van der Waals surface area contributed by atoms with Gasteiger partial charge in [0.15, 0.2) is 0 Å². The molecule has 0 spiro atoms. The van der Waals surface area contributed by atoms with Gasteiger partial charge in [-0.15, -0.1) is 24.8 Å². The normalized spacial score (nSPS) is 9.50. The summed E-state index contributed by atoms with van der Waals surface area (Å²) in [5.74, 6) is 1.29. The number of halogens is 2. The van der Waals surface area contributed by atoms with E-state index in [1.807, 2.05) is 38.2 Å². The number of hydrogen-bond donors (Lipinski definition) is 2. The highest BCUT2D eigenvalue weighted by atomic mass is 35.5. The molecule has 8 heteroatoms. The van der Waals surface area contributed by atoms with Gasteiger partial charge in [-0.05, 0) is 50.4 Å². The van der Waals surface area contributed by atoms with Crippen LogP contribution in [0, 0.1) is 0 Å². The van der Waals surface area contributed by atoms with Gasteiger partial charge >= 0.3 is 0 Å². The second-order valence-corrected chi connectivity index (χ2v) is 5.31. The summed E-state index contributed by atoms with van der Waals surface area (Å²) in [4.78, 5) is 18.6. The Morgan fingerprint density at radius 1 is 1.19 bits per heavy atom. The number of likely N-dealkylation sites (N-methyl/N-ethyl adjacent to an activating group) is 2. The minimum absolute atomic E-state index is 0. The molecule has 0 saturated carbocycles. The zero-order valence-corrected chi connectivity index (χ0v) is 16.8. The number of carbonyl (C=O) groups is 1. The van der Waals surface area contributed by atoms with Crippen molar-refractivity contribution in [3.63, 3.8) is 0 Å². The van der Waals surface area contributed by atoms with E-state index in [2.05, 4.69) is 15.6 Å². The van der Waals surface area contributed by atoms with E-state index < -0.39 is 0 Å². The first-order chi connectivity index (χ1) is 11.7. The highest BCUT2D eigenvalue weighted by molar-refractivity contribution is 5.99. The molecule has 0 unspecified atom stereocenters. The van der Waals surface area contributed by atoms with E-state index in [-0.39, 0.29) is 30.7 Å². The lowest BCUT2D eigenvalue weighted by Crippen LogP contribution is -2.33. The SMILES string of the molecule is CCOc1ccc(Nc2ncccc2C(=O)N(C)CCNC)cc1.Cl.Cl. The Kier molecular flexibility index (Phi) is 11.4. The molecule has 0 radical (unpaired) electrons. The molecule has 0 fully saturated rings. The van der Waals surface area contributed by atoms with Crippen LogP contribution >= 0.6 is 24.8 Å². The summed E-state index contributed by atoms with van der Waals surface area (Å²) in [5, 5.41) is 6.24. The maximum Gasteiger partial charge on any atom is 0.257 e. The number of rotatable bonds is 8. The molecule has 1 heterocycles. The monoisotopic (exact) mass is 400 g/mol. The van der Waals surface area contributed by atoms with Crippen LogP contribution in [0.3, 0.4) is 0 Å². The predicted molar refractivity (Wildman–Crippen MR) is 111 cm³/mol. The number of anilines is 2. The third-order valence-corrected chi connectivity index (χ3v) is 3.51. The van der Waals surface area contributed by atoms with Crippen LogP contribution in [0.4, 0.5) is 11.5 Å². The molecule has 6 nitrogen and oxygen atoms in total. The molecule has 0 atom stereocenters. The quantitative estimate of drug-likeness (QED) is 0.710. The molecular weight excluding hydrogens is 375 g/mol. The average Bonchev–Trinajstić information content (AvgIpc) is 2.61. The van der Waals surface area contributed by atoms with Crippen LogP contribution in [0.1, 0.15) is 17.3 Å². The van der Waals surface area contributed by atoms with E-state index in [1.54, 1.807) is 30.3 Å². The molecule has 144 valence electrons. The highest BCUT2D eigenvalue weighted by Gasteiger charge is 2.16. The van der Waals surface area contributed by atoms with E-state index in [0.717, 1.165) is 18.0 Å². The molecule has 1 aromatic heterocycles. The van der Waals surface area contributed by atoms with Crippen LogP contribution in [0.25, 0.3) is 0 Å².